The van der Waals surface area contributed by atoms with Crippen molar-refractivity contribution < 1.29 is 31.8 Å². The molecule has 0 rings (SSSR count). The molecule has 0 radical (unpaired) electrons. The minimum Gasteiger partial charge on any atom is -0.480 e. The Balaban J connectivity index is 6.65. The topological polar surface area (TPSA) is 75.6 Å². The van der Waals surface area contributed by atoms with Crippen LogP contribution in [0.4, 0.5) is 4.79 Å². The first kappa shape index (κ1) is 5.38. The summed E-state index contributed by atoms with van der Waals surface area (Å²) < 4.78 is 72.7. The molecule has 94 valence electrons. The van der Waals surface area contributed by atoms with Crippen molar-refractivity contribution in [3.8, 4) is 0 Å². The molecule has 0 fully saturated rings. The molecule has 1 amide bonds. The second-order valence-corrected chi connectivity index (χ2v) is 4.15. The predicted octanol–water partition coefficient (Wildman–Crippen LogP) is 2.01. The molecular formula is C11H21NO4. The van der Waals surface area contributed by atoms with Gasteiger partial charge in [0.05, 0.1) is 1.37 Å². The fourth-order valence-electron chi connectivity index (χ4n) is 0.702. The van der Waals surface area contributed by atoms with E-state index in [1.807, 2.05) is 0 Å². The van der Waals surface area contributed by atoms with Gasteiger partial charge in [0.1, 0.15) is 11.6 Å². The molecule has 0 aliphatic carbocycles. The lowest BCUT2D eigenvalue weighted by atomic mass is 9.87. The van der Waals surface area contributed by atoms with E-state index in [-0.39, 0.29) is 0 Å². The quantitative estimate of drug-likeness (QED) is 0.774. The highest BCUT2D eigenvalue weighted by Crippen LogP contribution is 2.20. The van der Waals surface area contributed by atoms with Crippen molar-refractivity contribution in [3.63, 3.8) is 0 Å². The maximum atomic E-state index is 12.0. The lowest BCUT2D eigenvalue weighted by molar-refractivity contribution is -0.142. The molecule has 5 nitrogen and oxygen atoms in total. The summed E-state index contributed by atoms with van der Waals surface area (Å²) in [6, 6.07) is -3.84. The highest BCUT2D eigenvalue weighted by Gasteiger charge is 2.33. The van der Waals surface area contributed by atoms with Crippen LogP contribution in [0.5, 0.6) is 0 Å². The number of hydrogen-bond acceptors (Lipinski definition) is 3. The summed E-state index contributed by atoms with van der Waals surface area (Å²) in [5.41, 5.74) is -4.78. The number of amides is 1. The van der Waals surface area contributed by atoms with Crippen LogP contribution < -0.4 is 5.31 Å². The number of hydrogen-bond donors (Lipinski definition) is 2. The summed E-state index contributed by atoms with van der Waals surface area (Å²) in [4.78, 5) is 23.7. The van der Waals surface area contributed by atoms with E-state index in [1.165, 1.54) is 20.8 Å². The Kier molecular flexibility index (Phi) is 1.59. The van der Waals surface area contributed by atoms with Crippen molar-refractivity contribution in [2.24, 2.45) is 5.41 Å². The standard InChI is InChI=1S/C11H21NO4/c1-10(2,3)7(8(13)14)12-9(15)16-11(4,5)6/h7H,1-6H3,(H,12,15)(H,13,14)/t7-/m1/s1/i1D,2D3,3D3,7D/hD. The van der Waals surface area contributed by atoms with E-state index in [0.717, 1.165) is 0 Å². The SMILES string of the molecule is [2H]CC(C([2H])([2H])[2H])(C([2H])([2H])[2H])[C@@]([2H])(C(=O)O)N([2H])C(=O)OC(C)(C)C. The Morgan fingerprint density at radius 2 is 2.06 bits per heavy atom. The zero-order valence-electron chi connectivity index (χ0n) is 18.3. The molecule has 0 aliphatic heterocycles. The minimum atomic E-state index is -3.84. The lowest BCUT2D eigenvalue weighted by Crippen LogP contribution is -2.50. The maximum absolute atomic E-state index is 12.0. The number of carboxylic acids is 1. The first-order valence-corrected chi connectivity index (χ1v) is 4.34. The number of nitrogens with one attached hydrogen (secondary N) is 1. The van der Waals surface area contributed by atoms with Crippen LogP contribution in [0.15, 0.2) is 0 Å². The van der Waals surface area contributed by atoms with Crippen molar-refractivity contribution >= 4 is 12.1 Å². The van der Waals surface area contributed by atoms with Gasteiger partial charge in [-0.25, -0.2) is 9.59 Å². The van der Waals surface area contributed by atoms with E-state index in [4.69, 9.17) is 17.1 Å². The van der Waals surface area contributed by atoms with Gasteiger partial charge in [-0.3, -0.25) is 0 Å². The molecule has 0 aromatic heterocycles. The summed E-state index contributed by atoms with van der Waals surface area (Å²) in [6.45, 7) is -4.82. The second-order valence-electron chi connectivity index (χ2n) is 4.15. The van der Waals surface area contributed by atoms with Crippen molar-refractivity contribution in [1.82, 2.24) is 5.31 Å². The van der Waals surface area contributed by atoms with Crippen molar-refractivity contribution in [2.45, 2.75) is 53.0 Å². The van der Waals surface area contributed by atoms with Gasteiger partial charge in [0.25, 0.3) is 0 Å². The highest BCUT2D eigenvalue weighted by atomic mass is 16.6. The molecule has 0 aliphatic rings. The Hall–Kier alpha value is -1.26. The molecule has 2 N–H and O–H groups in total. The summed E-state index contributed by atoms with van der Waals surface area (Å²) in [7, 11) is 0. The van der Waals surface area contributed by atoms with Gasteiger partial charge in [-0.1, -0.05) is 20.6 Å². The van der Waals surface area contributed by atoms with Crippen LogP contribution in [-0.4, -0.2) is 28.8 Å². The van der Waals surface area contributed by atoms with Gasteiger partial charge in [0.15, 0.2) is 1.41 Å². The van der Waals surface area contributed by atoms with Gasteiger partial charge >= 0.3 is 12.1 Å². The molecule has 16 heavy (non-hydrogen) atoms. The van der Waals surface area contributed by atoms with Crippen LogP contribution in [0.1, 0.15) is 52.3 Å². The third kappa shape index (κ3) is 5.58. The Bertz CT molecular complexity index is 511. The van der Waals surface area contributed by atoms with Crippen molar-refractivity contribution in [2.75, 3.05) is 0 Å². The van der Waals surface area contributed by atoms with Crippen molar-refractivity contribution in [3.05, 3.63) is 0 Å². The summed E-state index contributed by atoms with van der Waals surface area (Å²) in [6.07, 6.45) is -1.73. The van der Waals surface area contributed by atoms with Crippen LogP contribution in [-0.2, 0) is 9.53 Å². The fourth-order valence-corrected chi connectivity index (χ4v) is 0.702. The third-order valence-electron chi connectivity index (χ3n) is 1.20. The molecule has 5 heteroatoms. The molecule has 0 heterocycles. The van der Waals surface area contributed by atoms with Crippen molar-refractivity contribution in [1.29, 1.82) is 0 Å². The van der Waals surface area contributed by atoms with E-state index < -0.39 is 55.0 Å². The number of carbonyl (C=O) groups is 2. The van der Waals surface area contributed by atoms with Crippen LogP contribution in [0.3, 0.4) is 0 Å². The van der Waals surface area contributed by atoms with Crippen LogP contribution in [0, 0.1) is 5.41 Å². The van der Waals surface area contributed by atoms with Crippen LogP contribution >= 0.6 is 0 Å². The predicted molar refractivity (Wildman–Crippen MR) is 60.2 cm³/mol. The van der Waals surface area contributed by atoms with Gasteiger partial charge in [-0.2, -0.15) is 0 Å². The molecule has 0 spiro atoms. The number of carbonyl (C=O) groups excluding carboxylic acids is 1. The zero-order valence-corrected chi connectivity index (χ0v) is 9.33. The molecule has 0 aromatic carbocycles. The first-order chi connectivity index (χ1) is 10.8. The molecule has 0 bridgehead atoms. The maximum Gasteiger partial charge on any atom is 0.408 e. The Morgan fingerprint density at radius 1 is 1.50 bits per heavy atom. The minimum absolute atomic E-state index is 0.645. The second kappa shape index (κ2) is 4.72. The van der Waals surface area contributed by atoms with E-state index in [0.29, 0.717) is 0 Å². The smallest absolute Gasteiger partial charge is 0.408 e. The van der Waals surface area contributed by atoms with Gasteiger partial charge in [-0.15, -0.1) is 0 Å². The summed E-state index contributed by atoms with van der Waals surface area (Å²) in [5.74, 6) is -2.38. The number of ether oxygens (including phenoxy) is 1. The Labute approximate surface area is 109 Å². The summed E-state index contributed by atoms with van der Waals surface area (Å²) >= 11 is 0. The van der Waals surface area contributed by atoms with E-state index in [1.54, 1.807) is 0 Å². The van der Waals surface area contributed by atoms with E-state index >= 15 is 0 Å². The normalized spacial score (nSPS) is 25.8. The molecule has 0 saturated carbocycles. The Morgan fingerprint density at radius 3 is 2.38 bits per heavy atom. The highest BCUT2D eigenvalue weighted by molar-refractivity contribution is 5.80. The summed E-state index contributed by atoms with van der Waals surface area (Å²) in [5, 5.41) is 8.76. The monoisotopic (exact) mass is 240 g/mol. The number of carboxylic acid groups (broad SMARTS) is 1. The average Bonchev–Trinajstić information content (AvgIpc) is 2.32. The molecule has 0 aromatic rings. The van der Waals surface area contributed by atoms with Gasteiger partial charge < -0.3 is 15.2 Å². The van der Waals surface area contributed by atoms with Gasteiger partial charge in [0, 0.05) is 9.60 Å². The lowest BCUT2D eigenvalue weighted by Gasteiger charge is -2.29. The van der Waals surface area contributed by atoms with Crippen LogP contribution in [0.25, 0.3) is 0 Å². The average molecular weight is 240 g/mol. The number of aliphatic carboxylic acids is 1. The fraction of sp³-hybridized carbons (Fsp3) is 0.818. The molecule has 0 saturated heterocycles. The number of rotatable bonds is 2. The van der Waals surface area contributed by atoms with Crippen LogP contribution in [0.2, 0.25) is 1.41 Å². The van der Waals surface area contributed by atoms with Gasteiger partial charge in [-0.05, 0) is 26.2 Å². The largest absolute Gasteiger partial charge is 0.480 e. The number of alkyl carbamates (subject to hydrolysis) is 1. The third-order valence-corrected chi connectivity index (χ3v) is 1.20. The molecule has 0 unspecified atom stereocenters. The first-order valence-electron chi connectivity index (χ1n) is 9.00. The molecular weight excluding hydrogens is 210 g/mol. The zero-order chi connectivity index (χ0) is 20.6. The van der Waals surface area contributed by atoms with E-state index in [2.05, 4.69) is 0 Å². The van der Waals surface area contributed by atoms with E-state index in [9.17, 15) is 14.7 Å². The molecule has 1 atom stereocenters. The van der Waals surface area contributed by atoms with Gasteiger partial charge in [0.2, 0.25) is 0 Å².